The van der Waals surface area contributed by atoms with Crippen molar-refractivity contribution in [1.82, 2.24) is 0 Å². The predicted octanol–water partition coefficient (Wildman–Crippen LogP) is 3.21. The van der Waals surface area contributed by atoms with Gasteiger partial charge in [0.2, 0.25) is 5.75 Å². The number of aliphatic hydroxyl groups is 1. The summed E-state index contributed by atoms with van der Waals surface area (Å²) in [5.41, 5.74) is 0.190. The molecule has 0 saturated heterocycles. The zero-order valence-electron chi connectivity index (χ0n) is 11.6. The van der Waals surface area contributed by atoms with Crippen LogP contribution in [0.3, 0.4) is 0 Å². The molecule has 0 aliphatic rings. The molecule has 0 radical (unpaired) electrons. The van der Waals surface area contributed by atoms with Crippen LogP contribution in [-0.4, -0.2) is 29.3 Å². The molecule has 112 valence electrons. The van der Waals surface area contributed by atoms with Gasteiger partial charge in [0, 0.05) is 16.1 Å². The van der Waals surface area contributed by atoms with Crippen molar-refractivity contribution in [3.63, 3.8) is 0 Å². The highest BCUT2D eigenvalue weighted by Gasteiger charge is 2.23. The SMILES string of the molecule is CC(C)OCCOc1c([C@H](C)O)cc(Br)cc1[N+](=O)[O-]. The third-order valence-corrected chi connectivity index (χ3v) is 2.95. The monoisotopic (exact) mass is 347 g/mol. The zero-order valence-corrected chi connectivity index (χ0v) is 13.2. The van der Waals surface area contributed by atoms with Gasteiger partial charge in [-0.3, -0.25) is 10.1 Å². The molecule has 0 spiro atoms. The Hall–Kier alpha value is -1.18. The lowest BCUT2D eigenvalue weighted by Gasteiger charge is -2.15. The van der Waals surface area contributed by atoms with E-state index in [0.717, 1.165) is 0 Å². The lowest BCUT2D eigenvalue weighted by molar-refractivity contribution is -0.386. The van der Waals surface area contributed by atoms with E-state index in [9.17, 15) is 15.2 Å². The largest absolute Gasteiger partial charge is 0.484 e. The van der Waals surface area contributed by atoms with Gasteiger partial charge in [0.1, 0.15) is 6.61 Å². The van der Waals surface area contributed by atoms with Crippen LogP contribution in [0.25, 0.3) is 0 Å². The molecule has 7 heteroatoms. The van der Waals surface area contributed by atoms with Crippen molar-refractivity contribution in [2.24, 2.45) is 0 Å². The summed E-state index contributed by atoms with van der Waals surface area (Å²) in [5, 5.41) is 20.8. The number of nitro benzene ring substituents is 1. The lowest BCUT2D eigenvalue weighted by atomic mass is 10.1. The molecule has 0 saturated carbocycles. The summed E-state index contributed by atoms with van der Waals surface area (Å²) in [4.78, 5) is 10.5. The van der Waals surface area contributed by atoms with Gasteiger partial charge in [-0.2, -0.15) is 0 Å². The number of ether oxygens (including phenoxy) is 2. The Balaban J connectivity index is 2.98. The van der Waals surface area contributed by atoms with Gasteiger partial charge in [0.05, 0.1) is 23.7 Å². The fourth-order valence-corrected chi connectivity index (χ4v) is 2.09. The van der Waals surface area contributed by atoms with Gasteiger partial charge in [-0.05, 0) is 26.8 Å². The second kappa shape index (κ2) is 7.56. The van der Waals surface area contributed by atoms with Crippen molar-refractivity contribution in [2.45, 2.75) is 33.0 Å². The molecule has 0 aliphatic heterocycles. The summed E-state index contributed by atoms with van der Waals surface area (Å²) in [7, 11) is 0. The molecule has 0 aliphatic carbocycles. The van der Waals surface area contributed by atoms with Crippen molar-refractivity contribution in [2.75, 3.05) is 13.2 Å². The molecule has 0 heterocycles. The van der Waals surface area contributed by atoms with Crippen LogP contribution < -0.4 is 4.74 Å². The summed E-state index contributed by atoms with van der Waals surface area (Å²) in [6, 6.07) is 2.96. The maximum absolute atomic E-state index is 11.1. The maximum Gasteiger partial charge on any atom is 0.312 e. The molecule has 1 aromatic rings. The van der Waals surface area contributed by atoms with E-state index in [1.807, 2.05) is 13.8 Å². The first-order valence-electron chi connectivity index (χ1n) is 6.23. The Kier molecular flexibility index (Phi) is 6.38. The van der Waals surface area contributed by atoms with Gasteiger partial charge in [0.15, 0.2) is 0 Å². The highest BCUT2D eigenvalue weighted by atomic mass is 79.9. The van der Waals surface area contributed by atoms with Crippen LogP contribution in [0.15, 0.2) is 16.6 Å². The standard InChI is InChI=1S/C13H18BrNO5/c1-8(2)19-4-5-20-13-11(9(3)16)6-10(14)7-12(13)15(17)18/h6-9,16H,4-5H2,1-3H3/t9-/m0/s1. The Morgan fingerprint density at radius 1 is 1.35 bits per heavy atom. The quantitative estimate of drug-likeness (QED) is 0.465. The molecule has 0 amide bonds. The predicted molar refractivity (Wildman–Crippen MR) is 78.0 cm³/mol. The Bertz CT molecular complexity index is 476. The van der Waals surface area contributed by atoms with E-state index in [1.165, 1.54) is 13.0 Å². The normalized spacial score (nSPS) is 12.5. The summed E-state index contributed by atoms with van der Waals surface area (Å²) in [6.45, 7) is 5.82. The highest BCUT2D eigenvalue weighted by Crippen LogP contribution is 2.37. The molecule has 0 bridgehead atoms. The molecular formula is C13H18BrNO5. The third kappa shape index (κ3) is 4.73. The van der Waals surface area contributed by atoms with Crippen molar-refractivity contribution in [3.8, 4) is 5.75 Å². The molecule has 0 unspecified atom stereocenters. The number of rotatable bonds is 7. The summed E-state index contributed by atoms with van der Waals surface area (Å²) in [6.07, 6.45) is -0.804. The first kappa shape index (κ1) is 16.9. The average Bonchev–Trinajstić information content (AvgIpc) is 2.34. The van der Waals surface area contributed by atoms with Crippen molar-refractivity contribution in [1.29, 1.82) is 0 Å². The topological polar surface area (TPSA) is 81.8 Å². The maximum atomic E-state index is 11.1. The van der Waals surface area contributed by atoms with Crippen LogP contribution in [-0.2, 0) is 4.74 Å². The summed E-state index contributed by atoms with van der Waals surface area (Å²) < 4.78 is 11.3. The van der Waals surface area contributed by atoms with Crippen molar-refractivity contribution < 1.29 is 19.5 Å². The molecule has 1 aromatic carbocycles. The van der Waals surface area contributed by atoms with Gasteiger partial charge < -0.3 is 14.6 Å². The molecular weight excluding hydrogens is 330 g/mol. The van der Waals surface area contributed by atoms with E-state index in [0.29, 0.717) is 16.6 Å². The zero-order chi connectivity index (χ0) is 15.3. The van der Waals surface area contributed by atoms with Gasteiger partial charge in [-0.1, -0.05) is 15.9 Å². The second-order valence-electron chi connectivity index (χ2n) is 4.54. The van der Waals surface area contributed by atoms with E-state index in [1.54, 1.807) is 6.07 Å². The third-order valence-electron chi connectivity index (χ3n) is 2.49. The van der Waals surface area contributed by atoms with E-state index in [2.05, 4.69) is 15.9 Å². The number of hydrogen-bond acceptors (Lipinski definition) is 5. The van der Waals surface area contributed by atoms with Crippen molar-refractivity contribution >= 4 is 21.6 Å². The molecule has 6 nitrogen and oxygen atoms in total. The van der Waals surface area contributed by atoms with Crippen LogP contribution in [0.5, 0.6) is 5.75 Å². The average molecular weight is 348 g/mol. The molecule has 20 heavy (non-hydrogen) atoms. The van der Waals surface area contributed by atoms with Crippen LogP contribution in [0.4, 0.5) is 5.69 Å². The molecule has 1 atom stereocenters. The molecule has 0 fully saturated rings. The first-order chi connectivity index (χ1) is 9.32. The van der Waals surface area contributed by atoms with Gasteiger partial charge in [-0.15, -0.1) is 0 Å². The highest BCUT2D eigenvalue weighted by molar-refractivity contribution is 9.10. The number of hydrogen-bond donors (Lipinski definition) is 1. The first-order valence-corrected chi connectivity index (χ1v) is 7.02. The van der Waals surface area contributed by atoms with Crippen LogP contribution in [0.2, 0.25) is 0 Å². The number of nitrogens with zero attached hydrogens (tertiary/aromatic N) is 1. The summed E-state index contributed by atoms with van der Waals surface area (Å²) in [5.74, 6) is 0.0838. The minimum atomic E-state index is -0.868. The molecule has 0 aromatic heterocycles. The van der Waals surface area contributed by atoms with Gasteiger partial charge in [-0.25, -0.2) is 0 Å². The molecule has 1 N–H and O–H groups in total. The van der Waals surface area contributed by atoms with Crippen LogP contribution in [0, 0.1) is 10.1 Å². The number of nitro groups is 1. The fraction of sp³-hybridized carbons (Fsp3) is 0.538. The fourth-order valence-electron chi connectivity index (χ4n) is 1.63. The Labute approximate surface area is 126 Å². The number of benzene rings is 1. The van der Waals surface area contributed by atoms with E-state index >= 15 is 0 Å². The van der Waals surface area contributed by atoms with Gasteiger partial charge >= 0.3 is 5.69 Å². The van der Waals surface area contributed by atoms with E-state index in [-0.39, 0.29) is 24.1 Å². The minimum absolute atomic E-state index is 0.0646. The Morgan fingerprint density at radius 3 is 2.50 bits per heavy atom. The van der Waals surface area contributed by atoms with Crippen LogP contribution in [0.1, 0.15) is 32.4 Å². The lowest BCUT2D eigenvalue weighted by Crippen LogP contribution is -2.13. The second-order valence-corrected chi connectivity index (χ2v) is 5.46. The molecule has 1 rings (SSSR count). The minimum Gasteiger partial charge on any atom is -0.484 e. The number of halogens is 1. The Morgan fingerprint density at radius 2 is 2.00 bits per heavy atom. The van der Waals surface area contributed by atoms with E-state index < -0.39 is 11.0 Å². The number of aliphatic hydroxyl groups excluding tert-OH is 1. The smallest absolute Gasteiger partial charge is 0.312 e. The van der Waals surface area contributed by atoms with Gasteiger partial charge in [0.25, 0.3) is 0 Å². The summed E-state index contributed by atoms with van der Waals surface area (Å²) >= 11 is 3.19. The van der Waals surface area contributed by atoms with Crippen LogP contribution >= 0.6 is 15.9 Å². The van der Waals surface area contributed by atoms with E-state index in [4.69, 9.17) is 9.47 Å². The van der Waals surface area contributed by atoms with Crippen molar-refractivity contribution in [3.05, 3.63) is 32.3 Å².